The molecule has 0 aliphatic carbocycles. The van der Waals surface area contributed by atoms with E-state index in [2.05, 4.69) is 20.6 Å². The van der Waals surface area contributed by atoms with E-state index < -0.39 is 0 Å². The molecule has 6 N–H and O–H groups in total. The van der Waals surface area contributed by atoms with Gasteiger partial charge in [-0.05, 0) is 48.5 Å². The van der Waals surface area contributed by atoms with Crippen LogP contribution in [0.1, 0.15) is 20.7 Å². The number of rotatable bonds is 5. The molecule has 0 atom stereocenters. The maximum Gasteiger partial charge on any atom is 0.255 e. The number of anilines is 4. The average molecular weight is 424 g/mol. The molecule has 4 aromatic rings. The van der Waals surface area contributed by atoms with E-state index in [4.69, 9.17) is 11.5 Å². The zero-order chi connectivity index (χ0) is 22.5. The number of nitrogens with one attached hydrogen (secondary N) is 2. The van der Waals surface area contributed by atoms with Crippen molar-refractivity contribution < 1.29 is 9.59 Å². The Labute approximate surface area is 184 Å². The predicted octanol–water partition coefficient (Wildman–Crippen LogP) is 3.81. The molecule has 8 heteroatoms. The van der Waals surface area contributed by atoms with Gasteiger partial charge in [-0.25, -0.2) is 0 Å². The van der Waals surface area contributed by atoms with Crippen molar-refractivity contribution in [1.82, 2.24) is 9.97 Å². The number of nitrogen functional groups attached to an aromatic ring is 2. The number of carbonyl (C=O) groups excluding carboxylic acids is 2. The molecule has 0 saturated carbocycles. The van der Waals surface area contributed by atoms with E-state index in [-0.39, 0.29) is 11.8 Å². The van der Waals surface area contributed by atoms with E-state index >= 15 is 0 Å². The van der Waals surface area contributed by atoms with Gasteiger partial charge >= 0.3 is 0 Å². The van der Waals surface area contributed by atoms with Gasteiger partial charge < -0.3 is 22.1 Å². The second-order valence-corrected chi connectivity index (χ2v) is 6.94. The van der Waals surface area contributed by atoms with Gasteiger partial charge in [-0.2, -0.15) is 0 Å². The van der Waals surface area contributed by atoms with Crippen LogP contribution in [0.25, 0.3) is 11.4 Å². The second-order valence-electron chi connectivity index (χ2n) is 6.94. The number of hydrogen-bond donors (Lipinski definition) is 4. The lowest BCUT2D eigenvalue weighted by molar-refractivity contribution is 0.101. The third kappa shape index (κ3) is 4.54. The Balaban J connectivity index is 1.56. The van der Waals surface area contributed by atoms with Crippen molar-refractivity contribution in [2.75, 3.05) is 22.1 Å². The van der Waals surface area contributed by atoms with Gasteiger partial charge in [0.25, 0.3) is 11.8 Å². The highest BCUT2D eigenvalue weighted by atomic mass is 16.2. The average Bonchev–Trinajstić information content (AvgIpc) is 2.82. The summed E-state index contributed by atoms with van der Waals surface area (Å²) in [4.78, 5) is 33.9. The molecule has 0 fully saturated rings. The Morgan fingerprint density at radius 3 is 1.44 bits per heavy atom. The Hall–Kier alpha value is -4.72. The first-order valence-corrected chi connectivity index (χ1v) is 9.75. The Kier molecular flexibility index (Phi) is 5.76. The minimum atomic E-state index is -0.333. The van der Waals surface area contributed by atoms with Gasteiger partial charge in [0.05, 0.1) is 34.1 Å². The molecule has 0 aliphatic heterocycles. The third-order valence-corrected chi connectivity index (χ3v) is 4.72. The maximum atomic E-state index is 12.7. The number of nitrogens with two attached hydrogens (primary N) is 2. The van der Waals surface area contributed by atoms with Crippen molar-refractivity contribution in [3.63, 3.8) is 0 Å². The van der Waals surface area contributed by atoms with Crippen LogP contribution < -0.4 is 22.1 Å². The number of hydrogen-bond acceptors (Lipinski definition) is 6. The van der Waals surface area contributed by atoms with Gasteiger partial charge in [-0.1, -0.05) is 24.3 Å². The fraction of sp³-hybridized carbons (Fsp3) is 0. The van der Waals surface area contributed by atoms with E-state index in [0.29, 0.717) is 45.3 Å². The van der Waals surface area contributed by atoms with E-state index in [1.54, 1.807) is 72.8 Å². The number of para-hydroxylation sites is 4. The molecule has 158 valence electrons. The second kappa shape index (κ2) is 8.97. The molecular weight excluding hydrogens is 404 g/mol. The summed E-state index contributed by atoms with van der Waals surface area (Å²) >= 11 is 0. The van der Waals surface area contributed by atoms with Crippen molar-refractivity contribution in [2.24, 2.45) is 0 Å². The molecule has 0 aliphatic rings. The van der Waals surface area contributed by atoms with Crippen LogP contribution in [-0.4, -0.2) is 21.8 Å². The monoisotopic (exact) mass is 424 g/mol. The summed E-state index contributed by atoms with van der Waals surface area (Å²) < 4.78 is 0. The molecule has 0 radical (unpaired) electrons. The van der Waals surface area contributed by atoms with Crippen LogP contribution in [0.15, 0.2) is 85.2 Å². The van der Waals surface area contributed by atoms with Gasteiger partial charge in [0, 0.05) is 23.5 Å². The third-order valence-electron chi connectivity index (χ3n) is 4.72. The lowest BCUT2D eigenvalue weighted by atomic mass is 10.1. The van der Waals surface area contributed by atoms with Crippen molar-refractivity contribution in [1.29, 1.82) is 0 Å². The minimum absolute atomic E-state index is 0.333. The highest BCUT2D eigenvalue weighted by Crippen LogP contribution is 2.22. The van der Waals surface area contributed by atoms with Gasteiger partial charge in [0.15, 0.2) is 0 Å². The van der Waals surface area contributed by atoms with Crippen LogP contribution in [0.2, 0.25) is 0 Å². The predicted molar refractivity (Wildman–Crippen MR) is 125 cm³/mol. The fourth-order valence-corrected chi connectivity index (χ4v) is 3.03. The van der Waals surface area contributed by atoms with Crippen LogP contribution in [0, 0.1) is 0 Å². The van der Waals surface area contributed by atoms with Crippen LogP contribution in [0.3, 0.4) is 0 Å². The van der Waals surface area contributed by atoms with E-state index in [1.165, 1.54) is 12.4 Å². The lowest BCUT2D eigenvalue weighted by Crippen LogP contribution is -2.14. The van der Waals surface area contributed by atoms with Crippen molar-refractivity contribution in [3.8, 4) is 11.4 Å². The van der Waals surface area contributed by atoms with Crippen LogP contribution in [0.4, 0.5) is 22.7 Å². The van der Waals surface area contributed by atoms with Crippen LogP contribution >= 0.6 is 0 Å². The number of carbonyl (C=O) groups is 2. The molecule has 0 unspecified atom stereocenters. The van der Waals surface area contributed by atoms with Crippen molar-refractivity contribution in [2.45, 2.75) is 0 Å². The molecule has 4 rings (SSSR count). The van der Waals surface area contributed by atoms with Gasteiger partial charge in [-0.15, -0.1) is 0 Å². The molecule has 8 nitrogen and oxygen atoms in total. The highest BCUT2D eigenvalue weighted by molar-refractivity contribution is 6.07. The largest absolute Gasteiger partial charge is 0.397 e. The Morgan fingerprint density at radius 2 is 1.03 bits per heavy atom. The summed E-state index contributed by atoms with van der Waals surface area (Å²) in [5.74, 6) is -0.667. The van der Waals surface area contributed by atoms with Gasteiger partial charge in [0.2, 0.25) is 0 Å². The Morgan fingerprint density at radius 1 is 0.625 bits per heavy atom. The molecule has 2 heterocycles. The first-order valence-electron chi connectivity index (χ1n) is 9.75. The van der Waals surface area contributed by atoms with E-state index in [1.807, 2.05) is 0 Å². The highest BCUT2D eigenvalue weighted by Gasteiger charge is 2.13. The zero-order valence-corrected chi connectivity index (χ0v) is 16.9. The number of aromatic nitrogens is 2. The van der Waals surface area contributed by atoms with Gasteiger partial charge in [0.1, 0.15) is 0 Å². The molecule has 2 aromatic heterocycles. The first-order chi connectivity index (χ1) is 15.5. The topological polar surface area (TPSA) is 136 Å². The summed E-state index contributed by atoms with van der Waals surface area (Å²) in [5.41, 5.74) is 15.4. The normalized spacial score (nSPS) is 10.4. The zero-order valence-electron chi connectivity index (χ0n) is 16.9. The number of amides is 2. The summed E-state index contributed by atoms with van der Waals surface area (Å²) in [5, 5.41) is 5.56. The molecular formula is C24H20N6O2. The smallest absolute Gasteiger partial charge is 0.255 e. The first kappa shape index (κ1) is 20.5. The van der Waals surface area contributed by atoms with E-state index in [0.717, 1.165) is 0 Å². The van der Waals surface area contributed by atoms with Crippen LogP contribution in [-0.2, 0) is 0 Å². The quantitative estimate of drug-likeness (QED) is 0.360. The lowest BCUT2D eigenvalue weighted by Gasteiger charge is -2.10. The standard InChI is InChI=1S/C24H20N6O2/c25-17-5-1-3-7-19(17)29-23(31)15-9-11-27-21(13-15)22-14-16(10-12-28-22)24(32)30-20-8-4-2-6-18(20)26/h1-14H,25-26H2,(H,29,31)(H,30,32). The molecule has 32 heavy (non-hydrogen) atoms. The summed E-state index contributed by atoms with van der Waals surface area (Å²) in [6.07, 6.45) is 3.02. The van der Waals surface area contributed by atoms with E-state index in [9.17, 15) is 9.59 Å². The summed E-state index contributed by atoms with van der Waals surface area (Å²) in [7, 11) is 0. The minimum Gasteiger partial charge on any atom is -0.397 e. The summed E-state index contributed by atoms with van der Waals surface area (Å²) in [6, 6.07) is 20.4. The number of pyridine rings is 2. The summed E-state index contributed by atoms with van der Waals surface area (Å²) in [6.45, 7) is 0. The molecule has 0 bridgehead atoms. The maximum absolute atomic E-state index is 12.7. The Bertz CT molecular complexity index is 1200. The van der Waals surface area contributed by atoms with Gasteiger partial charge in [-0.3, -0.25) is 19.6 Å². The van der Waals surface area contributed by atoms with Crippen molar-refractivity contribution in [3.05, 3.63) is 96.3 Å². The molecule has 2 amide bonds. The molecule has 0 spiro atoms. The molecule has 2 aromatic carbocycles. The number of benzene rings is 2. The van der Waals surface area contributed by atoms with Crippen LogP contribution in [0.5, 0.6) is 0 Å². The van der Waals surface area contributed by atoms with Crippen molar-refractivity contribution >= 4 is 34.6 Å². The fourth-order valence-electron chi connectivity index (χ4n) is 3.03. The number of nitrogens with zero attached hydrogens (tertiary/aromatic N) is 2. The SMILES string of the molecule is Nc1ccccc1NC(=O)c1ccnc(-c2cc(C(=O)Nc3ccccc3N)ccn2)c1. The molecule has 0 saturated heterocycles.